The van der Waals surface area contributed by atoms with E-state index in [1.165, 1.54) is 17.4 Å². The average molecular weight is 486 g/mol. The normalized spacial score (nSPS) is 22.5. The van der Waals surface area contributed by atoms with Crippen molar-refractivity contribution in [3.8, 4) is 0 Å². The minimum atomic E-state index is -3.77. The van der Waals surface area contributed by atoms with Crippen LogP contribution in [0.1, 0.15) is 37.0 Å². The van der Waals surface area contributed by atoms with Crippen LogP contribution >= 0.6 is 0 Å². The monoisotopic (exact) mass is 485 g/mol. The number of sulfonamides is 1. The van der Waals surface area contributed by atoms with Gasteiger partial charge in [0.15, 0.2) is 0 Å². The number of rotatable bonds is 6. The number of likely N-dealkylation sites (tertiary alicyclic amines) is 1. The lowest BCUT2D eigenvalue weighted by atomic mass is 9.95. The molecule has 7 nitrogen and oxygen atoms in total. The maximum Gasteiger partial charge on any atom is 0.264 e. The van der Waals surface area contributed by atoms with Crippen LogP contribution in [0, 0.1) is 5.92 Å². The summed E-state index contributed by atoms with van der Waals surface area (Å²) in [6, 6.07) is 15.3. The number of nitrogens with zero attached hydrogens (tertiary/aromatic N) is 3. The van der Waals surface area contributed by atoms with E-state index in [-0.39, 0.29) is 23.0 Å². The average Bonchev–Trinajstić information content (AvgIpc) is 2.83. The molecule has 2 saturated heterocycles. The first-order chi connectivity index (χ1) is 16.2. The zero-order chi connectivity index (χ0) is 24.3. The van der Waals surface area contributed by atoms with Gasteiger partial charge in [-0.15, -0.1) is 0 Å². The number of morpholine rings is 1. The van der Waals surface area contributed by atoms with Crippen molar-refractivity contribution >= 4 is 21.6 Å². The van der Waals surface area contributed by atoms with E-state index >= 15 is 0 Å². The molecule has 0 spiro atoms. The van der Waals surface area contributed by atoms with Crippen LogP contribution in [-0.2, 0) is 14.8 Å². The van der Waals surface area contributed by atoms with E-state index in [1.54, 1.807) is 42.5 Å². The summed E-state index contributed by atoms with van der Waals surface area (Å²) in [5.41, 5.74) is 0.988. The summed E-state index contributed by atoms with van der Waals surface area (Å²) in [5, 5.41) is 0. The molecule has 2 fully saturated rings. The molecular formula is C26H35N3O4S. The molecule has 1 amide bonds. The Bertz CT molecular complexity index is 1070. The molecule has 8 heteroatoms. The summed E-state index contributed by atoms with van der Waals surface area (Å²) in [7, 11) is -2.24. The number of piperidine rings is 1. The van der Waals surface area contributed by atoms with Crippen LogP contribution in [0.4, 0.5) is 5.69 Å². The number of carbonyl (C=O) groups is 1. The molecule has 4 rings (SSSR count). The van der Waals surface area contributed by atoms with Crippen LogP contribution in [0.5, 0.6) is 0 Å². The Morgan fingerprint density at radius 1 is 1.00 bits per heavy atom. The van der Waals surface area contributed by atoms with Gasteiger partial charge in [0.1, 0.15) is 0 Å². The molecule has 2 aromatic carbocycles. The van der Waals surface area contributed by atoms with Gasteiger partial charge in [-0.25, -0.2) is 8.42 Å². The smallest absolute Gasteiger partial charge is 0.264 e. The van der Waals surface area contributed by atoms with Crippen molar-refractivity contribution in [3.05, 3.63) is 60.2 Å². The number of anilines is 1. The molecule has 0 bridgehead atoms. The largest absolute Gasteiger partial charge is 0.373 e. The highest BCUT2D eigenvalue weighted by Gasteiger charge is 2.29. The number of hydrogen-bond donors (Lipinski definition) is 0. The van der Waals surface area contributed by atoms with Crippen molar-refractivity contribution in [3.63, 3.8) is 0 Å². The maximum absolute atomic E-state index is 13.2. The Hall–Kier alpha value is -2.42. The summed E-state index contributed by atoms with van der Waals surface area (Å²) in [6.07, 6.45) is 2.44. The molecular weight excluding hydrogens is 450 g/mol. The summed E-state index contributed by atoms with van der Waals surface area (Å²) in [6.45, 7) is 8.59. The van der Waals surface area contributed by atoms with Gasteiger partial charge in [0.25, 0.3) is 15.9 Å². The molecule has 0 N–H and O–H groups in total. The van der Waals surface area contributed by atoms with E-state index in [0.29, 0.717) is 30.3 Å². The van der Waals surface area contributed by atoms with Gasteiger partial charge in [0.05, 0.1) is 22.8 Å². The van der Waals surface area contributed by atoms with Crippen LogP contribution in [0.15, 0.2) is 59.5 Å². The third-order valence-electron chi connectivity index (χ3n) is 6.77. The molecule has 0 aliphatic carbocycles. The first kappa shape index (κ1) is 24.7. The Morgan fingerprint density at radius 2 is 1.65 bits per heavy atom. The van der Waals surface area contributed by atoms with Crippen molar-refractivity contribution in [1.29, 1.82) is 0 Å². The lowest BCUT2D eigenvalue weighted by molar-refractivity contribution is -0.0728. The molecule has 0 saturated carbocycles. The van der Waals surface area contributed by atoms with Crippen molar-refractivity contribution in [2.75, 3.05) is 44.1 Å². The Labute approximate surface area is 203 Å². The molecule has 0 radical (unpaired) electrons. The first-order valence-electron chi connectivity index (χ1n) is 12.0. The zero-order valence-electron chi connectivity index (χ0n) is 20.3. The standard InChI is InChI=1S/C26H35N3O4S/c1-20-17-28(18-21(2)33-20)19-22-12-14-29(15-13-22)26(30)23-8-7-11-25(16-23)34(31,32)27(3)24-9-5-4-6-10-24/h4-11,16,20-22H,12-15,17-19H2,1-3H3. The third kappa shape index (κ3) is 5.62. The second-order valence-corrected chi connectivity index (χ2v) is 11.5. The highest BCUT2D eigenvalue weighted by Crippen LogP contribution is 2.25. The highest BCUT2D eigenvalue weighted by atomic mass is 32.2. The van der Waals surface area contributed by atoms with Gasteiger partial charge < -0.3 is 9.64 Å². The number of hydrogen-bond acceptors (Lipinski definition) is 5. The molecule has 2 aromatic rings. The van der Waals surface area contributed by atoms with Crippen LogP contribution in [0.25, 0.3) is 0 Å². The summed E-state index contributed by atoms with van der Waals surface area (Å²) < 4.78 is 33.4. The molecule has 2 atom stereocenters. The molecule has 2 unspecified atom stereocenters. The lowest BCUT2D eigenvalue weighted by Crippen LogP contribution is -2.48. The summed E-state index contributed by atoms with van der Waals surface area (Å²) >= 11 is 0. The van der Waals surface area contributed by atoms with Gasteiger partial charge in [-0.3, -0.25) is 14.0 Å². The lowest BCUT2D eigenvalue weighted by Gasteiger charge is -2.39. The molecule has 2 heterocycles. The highest BCUT2D eigenvalue weighted by molar-refractivity contribution is 7.92. The van der Waals surface area contributed by atoms with E-state index < -0.39 is 10.0 Å². The molecule has 184 valence electrons. The molecule has 2 aliphatic rings. The van der Waals surface area contributed by atoms with E-state index in [2.05, 4.69) is 18.7 Å². The van der Waals surface area contributed by atoms with Gasteiger partial charge in [-0.05, 0) is 62.9 Å². The van der Waals surface area contributed by atoms with Gasteiger partial charge in [-0.1, -0.05) is 24.3 Å². The second-order valence-electron chi connectivity index (χ2n) is 9.55. The maximum atomic E-state index is 13.2. The minimum absolute atomic E-state index is 0.105. The fourth-order valence-electron chi connectivity index (χ4n) is 5.02. The van der Waals surface area contributed by atoms with Crippen LogP contribution in [-0.4, -0.2) is 76.1 Å². The second kappa shape index (κ2) is 10.5. The predicted molar refractivity (Wildman–Crippen MR) is 134 cm³/mol. The van der Waals surface area contributed by atoms with E-state index in [9.17, 15) is 13.2 Å². The van der Waals surface area contributed by atoms with Gasteiger partial charge in [0, 0.05) is 45.3 Å². The number of ether oxygens (including phenoxy) is 1. The Kier molecular flexibility index (Phi) is 7.60. The van der Waals surface area contributed by atoms with Gasteiger partial charge >= 0.3 is 0 Å². The van der Waals surface area contributed by atoms with Gasteiger partial charge in [-0.2, -0.15) is 0 Å². The fraction of sp³-hybridized carbons (Fsp3) is 0.500. The Morgan fingerprint density at radius 3 is 2.29 bits per heavy atom. The molecule has 34 heavy (non-hydrogen) atoms. The number of carbonyl (C=O) groups excluding carboxylic acids is 1. The van der Waals surface area contributed by atoms with Gasteiger partial charge in [0.2, 0.25) is 0 Å². The van der Waals surface area contributed by atoms with Crippen molar-refractivity contribution in [2.45, 2.75) is 43.8 Å². The predicted octanol–water partition coefficient (Wildman–Crippen LogP) is 3.47. The van der Waals surface area contributed by atoms with E-state index in [0.717, 1.165) is 32.5 Å². The minimum Gasteiger partial charge on any atom is -0.373 e. The number of amides is 1. The first-order valence-corrected chi connectivity index (χ1v) is 13.5. The third-order valence-corrected chi connectivity index (χ3v) is 8.55. The van der Waals surface area contributed by atoms with E-state index in [1.807, 2.05) is 11.0 Å². The number of benzene rings is 2. The quantitative estimate of drug-likeness (QED) is 0.627. The topological polar surface area (TPSA) is 70.2 Å². The zero-order valence-corrected chi connectivity index (χ0v) is 21.1. The molecule has 0 aromatic heterocycles. The van der Waals surface area contributed by atoms with Crippen molar-refractivity contribution in [2.24, 2.45) is 5.92 Å². The van der Waals surface area contributed by atoms with Crippen LogP contribution in [0.3, 0.4) is 0 Å². The SMILES string of the molecule is CC1CN(CC2CCN(C(=O)c3cccc(S(=O)(=O)N(C)c4ccccc4)c3)CC2)CC(C)O1. The summed E-state index contributed by atoms with van der Waals surface area (Å²) in [5.74, 6) is 0.458. The fourth-order valence-corrected chi connectivity index (χ4v) is 6.27. The molecule has 2 aliphatic heterocycles. The Balaban J connectivity index is 1.38. The van der Waals surface area contributed by atoms with Crippen LogP contribution in [0.2, 0.25) is 0 Å². The van der Waals surface area contributed by atoms with E-state index in [4.69, 9.17) is 4.74 Å². The van der Waals surface area contributed by atoms with Crippen molar-refractivity contribution < 1.29 is 17.9 Å². The van der Waals surface area contributed by atoms with Crippen molar-refractivity contribution in [1.82, 2.24) is 9.80 Å². The number of para-hydroxylation sites is 1. The van der Waals surface area contributed by atoms with Crippen LogP contribution < -0.4 is 4.31 Å². The summed E-state index contributed by atoms with van der Waals surface area (Å²) in [4.78, 5) is 17.7.